The van der Waals surface area contributed by atoms with Crippen LogP contribution >= 0.6 is 0 Å². The molecule has 4 rings (SSSR count). The third kappa shape index (κ3) is 4.16. The van der Waals surface area contributed by atoms with Crippen LogP contribution in [0, 0.1) is 0 Å². The Morgan fingerprint density at radius 1 is 0.923 bits per heavy atom. The van der Waals surface area contributed by atoms with Crippen molar-refractivity contribution in [2.24, 2.45) is 0 Å². The zero-order valence-electron chi connectivity index (χ0n) is 14.2. The van der Waals surface area contributed by atoms with Gasteiger partial charge in [0.15, 0.2) is 0 Å². The molecule has 0 radical (unpaired) electrons. The van der Waals surface area contributed by atoms with Crippen molar-refractivity contribution in [1.82, 2.24) is 29.8 Å². The fourth-order valence-corrected chi connectivity index (χ4v) is 2.76. The number of ether oxygens (including phenoxy) is 1. The SMILES string of the molecule is c1ncc(-c2cc(Nc3ccc(CN4CCOCC4)cn3)ncn2)cn1. The first-order chi connectivity index (χ1) is 12.9. The Morgan fingerprint density at radius 2 is 1.77 bits per heavy atom. The number of anilines is 2. The van der Waals surface area contributed by atoms with E-state index in [-0.39, 0.29) is 0 Å². The molecule has 0 atom stereocenters. The van der Waals surface area contributed by atoms with Crippen molar-refractivity contribution >= 4 is 11.6 Å². The van der Waals surface area contributed by atoms with E-state index < -0.39 is 0 Å². The van der Waals surface area contributed by atoms with Gasteiger partial charge in [-0.25, -0.2) is 24.9 Å². The summed E-state index contributed by atoms with van der Waals surface area (Å²) >= 11 is 0. The lowest BCUT2D eigenvalue weighted by atomic mass is 10.2. The van der Waals surface area contributed by atoms with Crippen LogP contribution in [0.15, 0.2) is 49.4 Å². The Kier molecular flexibility index (Phi) is 5.04. The van der Waals surface area contributed by atoms with Crippen LogP contribution < -0.4 is 5.32 Å². The van der Waals surface area contributed by atoms with E-state index in [0.717, 1.165) is 49.9 Å². The topological polar surface area (TPSA) is 89.0 Å². The lowest BCUT2D eigenvalue weighted by Crippen LogP contribution is -2.35. The van der Waals surface area contributed by atoms with Gasteiger partial charge in [-0.3, -0.25) is 4.90 Å². The average Bonchev–Trinajstić information content (AvgIpc) is 2.71. The van der Waals surface area contributed by atoms with Crippen molar-refractivity contribution in [1.29, 1.82) is 0 Å². The third-order valence-corrected chi connectivity index (χ3v) is 4.11. The fourth-order valence-electron chi connectivity index (χ4n) is 2.76. The van der Waals surface area contributed by atoms with Crippen LogP contribution in [0.3, 0.4) is 0 Å². The highest BCUT2D eigenvalue weighted by molar-refractivity contribution is 5.62. The Labute approximate surface area is 151 Å². The fraction of sp³-hybridized carbons (Fsp3) is 0.278. The largest absolute Gasteiger partial charge is 0.379 e. The number of nitrogens with one attached hydrogen (secondary N) is 1. The van der Waals surface area contributed by atoms with Crippen LogP contribution in [0.5, 0.6) is 0 Å². The lowest BCUT2D eigenvalue weighted by molar-refractivity contribution is 0.0341. The summed E-state index contributed by atoms with van der Waals surface area (Å²) in [7, 11) is 0. The molecule has 1 N–H and O–H groups in total. The maximum atomic E-state index is 5.38. The standard InChI is InChI=1S/C18H19N7O/c1-2-17(21-8-14(1)11-25-3-5-26-6-4-25)24-18-7-16(22-13-23-18)15-9-19-12-20-10-15/h1-2,7-10,12-13H,3-6,11H2,(H,21,22,23,24). The second-order valence-electron chi connectivity index (χ2n) is 5.98. The van der Waals surface area contributed by atoms with E-state index in [1.54, 1.807) is 12.4 Å². The summed E-state index contributed by atoms with van der Waals surface area (Å²) in [4.78, 5) is 23.4. The molecule has 0 bridgehead atoms. The van der Waals surface area contributed by atoms with E-state index >= 15 is 0 Å². The molecule has 1 saturated heterocycles. The molecule has 3 aromatic heterocycles. The quantitative estimate of drug-likeness (QED) is 0.747. The molecule has 26 heavy (non-hydrogen) atoms. The van der Waals surface area contributed by atoms with Gasteiger partial charge in [0, 0.05) is 49.9 Å². The molecule has 0 aromatic carbocycles. The molecular weight excluding hydrogens is 330 g/mol. The number of pyridine rings is 1. The number of aromatic nitrogens is 5. The maximum Gasteiger partial charge on any atom is 0.135 e. The molecule has 132 valence electrons. The van der Waals surface area contributed by atoms with E-state index in [1.165, 1.54) is 18.2 Å². The number of hydrogen-bond acceptors (Lipinski definition) is 8. The first-order valence-electron chi connectivity index (χ1n) is 8.46. The van der Waals surface area contributed by atoms with Gasteiger partial charge in [0.05, 0.1) is 18.9 Å². The highest BCUT2D eigenvalue weighted by Gasteiger charge is 2.11. The van der Waals surface area contributed by atoms with E-state index in [4.69, 9.17) is 4.74 Å². The Hall–Kier alpha value is -2.97. The summed E-state index contributed by atoms with van der Waals surface area (Å²) in [6.45, 7) is 4.42. The summed E-state index contributed by atoms with van der Waals surface area (Å²) in [6.07, 6.45) is 8.34. The van der Waals surface area contributed by atoms with Crippen LogP contribution in [0.4, 0.5) is 11.6 Å². The van der Waals surface area contributed by atoms with Gasteiger partial charge in [-0.1, -0.05) is 6.07 Å². The summed E-state index contributed by atoms with van der Waals surface area (Å²) < 4.78 is 5.38. The highest BCUT2D eigenvalue weighted by atomic mass is 16.5. The molecular formula is C18H19N7O. The van der Waals surface area contributed by atoms with Crippen molar-refractivity contribution in [3.05, 3.63) is 55.0 Å². The molecule has 0 spiro atoms. The summed E-state index contributed by atoms with van der Waals surface area (Å²) in [5.41, 5.74) is 2.78. The van der Waals surface area contributed by atoms with Gasteiger partial charge >= 0.3 is 0 Å². The number of morpholine rings is 1. The smallest absolute Gasteiger partial charge is 0.135 e. The lowest BCUT2D eigenvalue weighted by Gasteiger charge is -2.26. The molecule has 8 nitrogen and oxygen atoms in total. The predicted octanol–water partition coefficient (Wildman–Crippen LogP) is 1.90. The second-order valence-corrected chi connectivity index (χ2v) is 5.98. The van der Waals surface area contributed by atoms with Gasteiger partial charge in [0.25, 0.3) is 0 Å². The normalized spacial score (nSPS) is 14.9. The van der Waals surface area contributed by atoms with Crippen molar-refractivity contribution in [3.8, 4) is 11.3 Å². The van der Waals surface area contributed by atoms with Gasteiger partial charge in [0.1, 0.15) is 24.3 Å². The number of rotatable bonds is 5. The summed E-state index contributed by atoms with van der Waals surface area (Å²) in [5, 5.41) is 3.21. The van der Waals surface area contributed by atoms with Gasteiger partial charge in [-0.15, -0.1) is 0 Å². The zero-order valence-corrected chi connectivity index (χ0v) is 14.2. The molecule has 8 heteroatoms. The Balaban J connectivity index is 1.42. The van der Waals surface area contributed by atoms with Crippen LogP contribution in [0.25, 0.3) is 11.3 Å². The van der Waals surface area contributed by atoms with Crippen LogP contribution in [0.1, 0.15) is 5.56 Å². The molecule has 4 heterocycles. The van der Waals surface area contributed by atoms with E-state index in [9.17, 15) is 0 Å². The molecule has 0 saturated carbocycles. The Bertz CT molecular complexity index is 836. The minimum Gasteiger partial charge on any atom is -0.379 e. The van der Waals surface area contributed by atoms with Crippen molar-refractivity contribution in [2.45, 2.75) is 6.54 Å². The molecule has 0 unspecified atom stereocenters. The monoisotopic (exact) mass is 349 g/mol. The minimum absolute atomic E-state index is 0.673. The van der Waals surface area contributed by atoms with E-state index in [0.29, 0.717) is 5.82 Å². The van der Waals surface area contributed by atoms with Crippen LogP contribution in [-0.2, 0) is 11.3 Å². The zero-order chi connectivity index (χ0) is 17.6. The first kappa shape index (κ1) is 16.5. The van der Waals surface area contributed by atoms with Gasteiger partial charge in [-0.05, 0) is 11.6 Å². The van der Waals surface area contributed by atoms with Crippen LogP contribution in [-0.4, -0.2) is 56.1 Å². The molecule has 1 aliphatic heterocycles. The third-order valence-electron chi connectivity index (χ3n) is 4.11. The molecule has 0 aliphatic carbocycles. The molecule has 3 aromatic rings. The van der Waals surface area contributed by atoms with E-state index in [1.807, 2.05) is 18.3 Å². The van der Waals surface area contributed by atoms with Gasteiger partial charge in [0.2, 0.25) is 0 Å². The van der Waals surface area contributed by atoms with Gasteiger partial charge < -0.3 is 10.1 Å². The average molecular weight is 349 g/mol. The summed E-state index contributed by atoms with van der Waals surface area (Å²) in [5.74, 6) is 1.41. The minimum atomic E-state index is 0.673. The van der Waals surface area contributed by atoms with E-state index in [2.05, 4.69) is 41.2 Å². The van der Waals surface area contributed by atoms with Crippen molar-refractivity contribution in [2.75, 3.05) is 31.6 Å². The van der Waals surface area contributed by atoms with Crippen molar-refractivity contribution in [3.63, 3.8) is 0 Å². The predicted molar refractivity (Wildman–Crippen MR) is 96.7 cm³/mol. The maximum absolute atomic E-state index is 5.38. The first-order valence-corrected chi connectivity index (χ1v) is 8.46. The Morgan fingerprint density at radius 3 is 2.54 bits per heavy atom. The van der Waals surface area contributed by atoms with Crippen LogP contribution in [0.2, 0.25) is 0 Å². The molecule has 1 aliphatic rings. The van der Waals surface area contributed by atoms with Gasteiger partial charge in [-0.2, -0.15) is 0 Å². The summed E-state index contributed by atoms with van der Waals surface area (Å²) in [6, 6.07) is 5.89. The van der Waals surface area contributed by atoms with Crippen molar-refractivity contribution < 1.29 is 4.74 Å². The number of hydrogen-bond donors (Lipinski definition) is 1. The molecule has 0 amide bonds. The second kappa shape index (κ2) is 7.94. The molecule has 1 fully saturated rings. The number of nitrogens with zero attached hydrogens (tertiary/aromatic N) is 6. The highest BCUT2D eigenvalue weighted by Crippen LogP contribution is 2.19.